The van der Waals surface area contributed by atoms with Crippen LogP contribution in [0.5, 0.6) is 0 Å². The van der Waals surface area contributed by atoms with Gasteiger partial charge < -0.3 is 16.0 Å². The van der Waals surface area contributed by atoms with E-state index in [9.17, 15) is 0 Å². The summed E-state index contributed by atoms with van der Waals surface area (Å²) < 4.78 is 4.57. The van der Waals surface area contributed by atoms with Crippen molar-refractivity contribution in [3.63, 3.8) is 0 Å². The monoisotopic (exact) mass is 127 g/mol. The van der Waals surface area contributed by atoms with Gasteiger partial charge >= 0.3 is 0 Å². The Bertz CT molecular complexity index is 194. The Morgan fingerprint density at radius 1 is 1.78 bits per heavy atom. The molecule has 0 fully saturated rings. The molecular weight excluding hydrogens is 118 g/mol. The zero-order valence-electron chi connectivity index (χ0n) is 5.16. The van der Waals surface area contributed by atoms with Crippen LogP contribution in [0, 0.1) is 0 Å². The lowest BCUT2D eigenvalue weighted by molar-refractivity contribution is 0.422. The van der Waals surface area contributed by atoms with Gasteiger partial charge in [0, 0.05) is 12.1 Å². The van der Waals surface area contributed by atoms with Crippen LogP contribution in [0.4, 0.5) is 5.88 Å². The smallest absolute Gasteiger partial charge is 0.222 e. The van der Waals surface area contributed by atoms with Gasteiger partial charge in [-0.25, -0.2) is 0 Å². The summed E-state index contributed by atoms with van der Waals surface area (Å²) in [7, 11) is 0. The normalized spacial score (nSPS) is 13.6. The molecule has 50 valence electrons. The third-order valence-electron chi connectivity index (χ3n) is 1.01. The molecule has 9 heavy (non-hydrogen) atoms. The quantitative estimate of drug-likeness (QED) is 0.567. The van der Waals surface area contributed by atoms with E-state index in [0.717, 1.165) is 0 Å². The van der Waals surface area contributed by atoms with E-state index in [1.54, 1.807) is 6.07 Å². The summed E-state index contributed by atoms with van der Waals surface area (Å²) in [6, 6.07) is 1.51. The van der Waals surface area contributed by atoms with Crippen LogP contribution in [0.1, 0.15) is 18.7 Å². The predicted octanol–water partition coefficient (Wildman–Crippen LogP) is 0.277. The molecule has 0 saturated carbocycles. The highest BCUT2D eigenvalue weighted by molar-refractivity contribution is 5.25. The summed E-state index contributed by atoms with van der Waals surface area (Å²) in [5.74, 6) is 0.308. The maximum absolute atomic E-state index is 5.45. The van der Waals surface area contributed by atoms with Crippen molar-refractivity contribution >= 4 is 5.88 Å². The van der Waals surface area contributed by atoms with Crippen LogP contribution in [-0.2, 0) is 0 Å². The van der Waals surface area contributed by atoms with Crippen molar-refractivity contribution in [1.82, 2.24) is 5.16 Å². The molecule has 0 aromatic carbocycles. The minimum atomic E-state index is -0.106. The Hall–Kier alpha value is -1.03. The second-order valence-electron chi connectivity index (χ2n) is 1.94. The van der Waals surface area contributed by atoms with Gasteiger partial charge in [-0.05, 0) is 6.92 Å². The number of nitrogen functional groups attached to an aromatic ring is 1. The minimum Gasteiger partial charge on any atom is -0.368 e. The molecule has 1 heterocycles. The van der Waals surface area contributed by atoms with Crippen LogP contribution in [0.25, 0.3) is 0 Å². The molecule has 1 aromatic heterocycles. The standard InChI is InChI=1S/C5H9N3O/c1-3(6)4-2-5(7)9-8-4/h2-3H,6-7H2,1H3. The third kappa shape index (κ3) is 1.20. The molecule has 1 atom stereocenters. The van der Waals surface area contributed by atoms with Gasteiger partial charge in [0.15, 0.2) is 0 Å². The highest BCUT2D eigenvalue weighted by atomic mass is 16.5. The fourth-order valence-electron chi connectivity index (χ4n) is 0.518. The molecule has 0 aliphatic heterocycles. The molecule has 0 amide bonds. The van der Waals surface area contributed by atoms with Gasteiger partial charge in [-0.1, -0.05) is 5.16 Å². The molecule has 4 N–H and O–H groups in total. The van der Waals surface area contributed by atoms with E-state index in [1.807, 2.05) is 6.92 Å². The lowest BCUT2D eigenvalue weighted by Crippen LogP contribution is -2.04. The van der Waals surface area contributed by atoms with Crippen LogP contribution in [-0.4, -0.2) is 5.16 Å². The third-order valence-corrected chi connectivity index (χ3v) is 1.01. The Labute approximate surface area is 52.8 Å². The number of rotatable bonds is 1. The fourth-order valence-corrected chi connectivity index (χ4v) is 0.518. The topological polar surface area (TPSA) is 78.1 Å². The molecule has 0 radical (unpaired) electrons. The fraction of sp³-hybridized carbons (Fsp3) is 0.400. The number of aromatic nitrogens is 1. The highest BCUT2D eigenvalue weighted by Gasteiger charge is 2.03. The predicted molar refractivity (Wildman–Crippen MR) is 33.5 cm³/mol. The second-order valence-corrected chi connectivity index (χ2v) is 1.94. The van der Waals surface area contributed by atoms with Crippen molar-refractivity contribution in [3.8, 4) is 0 Å². The average molecular weight is 127 g/mol. The molecule has 0 aliphatic carbocycles. The maximum Gasteiger partial charge on any atom is 0.222 e. The van der Waals surface area contributed by atoms with Gasteiger partial charge in [0.05, 0.1) is 0 Å². The molecule has 0 spiro atoms. The van der Waals surface area contributed by atoms with E-state index in [2.05, 4.69) is 9.68 Å². The van der Waals surface area contributed by atoms with E-state index in [1.165, 1.54) is 0 Å². The number of hydrogen-bond acceptors (Lipinski definition) is 4. The Morgan fingerprint density at radius 2 is 2.44 bits per heavy atom. The Kier molecular flexibility index (Phi) is 1.40. The first kappa shape index (κ1) is 6.10. The van der Waals surface area contributed by atoms with Gasteiger partial charge in [-0.3, -0.25) is 0 Å². The van der Waals surface area contributed by atoms with Gasteiger partial charge in [0.2, 0.25) is 5.88 Å². The number of nitrogens with zero attached hydrogens (tertiary/aromatic N) is 1. The Balaban J connectivity index is 2.85. The molecule has 4 heteroatoms. The lowest BCUT2D eigenvalue weighted by atomic mass is 10.2. The molecule has 0 bridgehead atoms. The molecule has 1 aromatic rings. The van der Waals surface area contributed by atoms with Gasteiger partial charge in [0.25, 0.3) is 0 Å². The summed E-state index contributed by atoms with van der Waals surface area (Å²) in [4.78, 5) is 0. The molecule has 0 saturated heterocycles. The highest BCUT2D eigenvalue weighted by Crippen LogP contribution is 2.10. The molecule has 0 aliphatic rings. The molecule has 4 nitrogen and oxygen atoms in total. The van der Waals surface area contributed by atoms with Crippen molar-refractivity contribution in [3.05, 3.63) is 11.8 Å². The van der Waals surface area contributed by atoms with Crippen LogP contribution >= 0.6 is 0 Å². The SMILES string of the molecule is CC(N)c1cc(N)on1. The molecule has 1 unspecified atom stereocenters. The lowest BCUT2D eigenvalue weighted by Gasteiger charge is -1.93. The van der Waals surface area contributed by atoms with E-state index in [-0.39, 0.29) is 6.04 Å². The van der Waals surface area contributed by atoms with E-state index in [0.29, 0.717) is 11.6 Å². The summed E-state index contributed by atoms with van der Waals surface area (Å²) >= 11 is 0. The van der Waals surface area contributed by atoms with Crippen LogP contribution in [0.3, 0.4) is 0 Å². The summed E-state index contributed by atoms with van der Waals surface area (Å²) in [6.07, 6.45) is 0. The largest absolute Gasteiger partial charge is 0.368 e. The van der Waals surface area contributed by atoms with Gasteiger partial charge in [-0.2, -0.15) is 0 Å². The van der Waals surface area contributed by atoms with Crippen molar-refractivity contribution in [1.29, 1.82) is 0 Å². The molecule has 1 rings (SSSR count). The van der Waals surface area contributed by atoms with E-state index >= 15 is 0 Å². The average Bonchev–Trinajstić information content (AvgIpc) is 2.14. The van der Waals surface area contributed by atoms with E-state index in [4.69, 9.17) is 11.5 Å². The maximum atomic E-state index is 5.45. The number of nitrogens with two attached hydrogens (primary N) is 2. The van der Waals surface area contributed by atoms with Crippen LogP contribution in [0.2, 0.25) is 0 Å². The first-order chi connectivity index (χ1) is 4.20. The summed E-state index contributed by atoms with van der Waals surface area (Å²) in [5.41, 5.74) is 11.4. The zero-order valence-corrected chi connectivity index (χ0v) is 5.16. The minimum absolute atomic E-state index is 0.106. The second kappa shape index (κ2) is 2.06. The number of anilines is 1. The zero-order chi connectivity index (χ0) is 6.85. The van der Waals surface area contributed by atoms with Crippen LogP contribution < -0.4 is 11.5 Å². The number of hydrogen-bond donors (Lipinski definition) is 2. The first-order valence-corrected chi connectivity index (χ1v) is 2.68. The Morgan fingerprint density at radius 3 is 2.67 bits per heavy atom. The first-order valence-electron chi connectivity index (χ1n) is 2.68. The summed E-state index contributed by atoms with van der Waals surface area (Å²) in [6.45, 7) is 1.82. The van der Waals surface area contributed by atoms with Crippen LogP contribution in [0.15, 0.2) is 10.6 Å². The van der Waals surface area contributed by atoms with Crippen molar-refractivity contribution in [2.75, 3.05) is 5.73 Å². The van der Waals surface area contributed by atoms with Gasteiger partial charge in [0.1, 0.15) is 5.69 Å². The van der Waals surface area contributed by atoms with Crippen molar-refractivity contribution < 1.29 is 4.52 Å². The van der Waals surface area contributed by atoms with E-state index < -0.39 is 0 Å². The van der Waals surface area contributed by atoms with Gasteiger partial charge in [-0.15, -0.1) is 0 Å². The molecular formula is C5H9N3O. The van der Waals surface area contributed by atoms with Crippen molar-refractivity contribution in [2.45, 2.75) is 13.0 Å². The van der Waals surface area contributed by atoms with Crippen molar-refractivity contribution in [2.24, 2.45) is 5.73 Å². The summed E-state index contributed by atoms with van der Waals surface area (Å²) in [5, 5.41) is 3.59.